The van der Waals surface area contributed by atoms with Crippen LogP contribution in [0, 0.1) is 0 Å². The van der Waals surface area contributed by atoms with Gasteiger partial charge >= 0.3 is 0 Å². The van der Waals surface area contributed by atoms with E-state index in [2.05, 4.69) is 15.2 Å². The first kappa shape index (κ1) is 15.3. The summed E-state index contributed by atoms with van der Waals surface area (Å²) in [5.74, 6) is 0.853. The second-order valence-electron chi connectivity index (χ2n) is 4.99. The van der Waals surface area contributed by atoms with Gasteiger partial charge in [0.05, 0.1) is 12.8 Å². The van der Waals surface area contributed by atoms with Crippen molar-refractivity contribution in [3.05, 3.63) is 24.7 Å². The Morgan fingerprint density at radius 1 is 1.30 bits per heavy atom. The lowest BCUT2D eigenvalue weighted by atomic mass is 10.1. The molecule has 0 aliphatic carbocycles. The minimum atomic E-state index is -0.128. The van der Waals surface area contributed by atoms with Gasteiger partial charge in [-0.1, -0.05) is 0 Å². The van der Waals surface area contributed by atoms with E-state index in [4.69, 9.17) is 15.2 Å². The zero-order valence-electron chi connectivity index (χ0n) is 13.4. The summed E-state index contributed by atoms with van der Waals surface area (Å²) >= 11 is 0. The molecule has 8 heteroatoms. The molecule has 0 amide bonds. The molecule has 2 N–H and O–H groups in total. The first-order chi connectivity index (χ1) is 11.1. The molecule has 122 valence electrons. The van der Waals surface area contributed by atoms with Crippen LogP contribution in [0.15, 0.2) is 24.7 Å². The third-order valence-electron chi connectivity index (χ3n) is 3.46. The van der Waals surface area contributed by atoms with Crippen LogP contribution in [-0.2, 0) is 4.74 Å². The van der Waals surface area contributed by atoms with E-state index in [0.717, 1.165) is 11.1 Å². The molecule has 0 saturated carbocycles. The zero-order valence-corrected chi connectivity index (χ0v) is 13.4. The highest BCUT2D eigenvalue weighted by molar-refractivity contribution is 5.77. The summed E-state index contributed by atoms with van der Waals surface area (Å²) in [6, 6.07) is 1.92. The van der Waals surface area contributed by atoms with E-state index >= 15 is 0 Å². The SMILES string of the molecule is CCOc1c(-c2cnn(C(C)OCC)c2)ccn2nc(N)nc12. The van der Waals surface area contributed by atoms with E-state index in [1.807, 2.05) is 33.0 Å². The van der Waals surface area contributed by atoms with Crippen LogP contribution in [0.4, 0.5) is 5.95 Å². The van der Waals surface area contributed by atoms with Crippen LogP contribution < -0.4 is 10.5 Å². The molecule has 3 aromatic rings. The van der Waals surface area contributed by atoms with Crippen LogP contribution in [0.5, 0.6) is 5.75 Å². The van der Waals surface area contributed by atoms with Crippen molar-refractivity contribution < 1.29 is 9.47 Å². The molecular formula is C15H20N6O2. The summed E-state index contributed by atoms with van der Waals surface area (Å²) in [5, 5.41) is 8.48. The van der Waals surface area contributed by atoms with Gasteiger partial charge in [-0.2, -0.15) is 10.1 Å². The predicted octanol–water partition coefficient (Wildman–Crippen LogP) is 2.13. The highest BCUT2D eigenvalue weighted by Gasteiger charge is 2.16. The van der Waals surface area contributed by atoms with Crippen LogP contribution in [0.1, 0.15) is 27.0 Å². The lowest BCUT2D eigenvalue weighted by Crippen LogP contribution is -2.09. The van der Waals surface area contributed by atoms with Crippen molar-refractivity contribution in [3.63, 3.8) is 0 Å². The standard InChI is InChI=1S/C15H20N6O2/c1-4-22-10(3)21-9-11(8-17-21)12-6-7-20-14(13(12)23-5-2)18-15(16)19-20/h6-10H,4-5H2,1-3H3,(H2,16,19). The van der Waals surface area contributed by atoms with Gasteiger partial charge in [0, 0.05) is 30.1 Å². The molecule has 3 aromatic heterocycles. The largest absolute Gasteiger partial charge is 0.489 e. The van der Waals surface area contributed by atoms with Crippen molar-refractivity contribution >= 4 is 11.6 Å². The third-order valence-corrected chi connectivity index (χ3v) is 3.46. The summed E-state index contributed by atoms with van der Waals surface area (Å²) in [7, 11) is 0. The highest BCUT2D eigenvalue weighted by atomic mass is 16.5. The van der Waals surface area contributed by atoms with E-state index in [9.17, 15) is 0 Å². The number of nitrogens with zero attached hydrogens (tertiary/aromatic N) is 5. The van der Waals surface area contributed by atoms with Gasteiger partial charge in [-0.3, -0.25) is 0 Å². The molecule has 0 fully saturated rings. The molecule has 1 atom stereocenters. The Hall–Kier alpha value is -2.61. The van der Waals surface area contributed by atoms with Gasteiger partial charge < -0.3 is 15.2 Å². The average Bonchev–Trinajstić information content (AvgIpc) is 3.14. The minimum Gasteiger partial charge on any atom is -0.489 e. The minimum absolute atomic E-state index is 0.128. The van der Waals surface area contributed by atoms with Gasteiger partial charge in [0.15, 0.2) is 11.4 Å². The van der Waals surface area contributed by atoms with Crippen LogP contribution >= 0.6 is 0 Å². The Morgan fingerprint density at radius 3 is 2.87 bits per heavy atom. The molecule has 0 radical (unpaired) electrons. The van der Waals surface area contributed by atoms with Gasteiger partial charge in [-0.05, 0) is 26.8 Å². The number of aromatic nitrogens is 5. The lowest BCUT2D eigenvalue weighted by Gasteiger charge is -2.12. The first-order valence-corrected chi connectivity index (χ1v) is 7.57. The fraction of sp³-hybridized carbons (Fsp3) is 0.400. The molecule has 23 heavy (non-hydrogen) atoms. The molecule has 0 saturated heterocycles. The molecule has 8 nitrogen and oxygen atoms in total. The molecule has 3 rings (SSSR count). The second-order valence-corrected chi connectivity index (χ2v) is 4.99. The number of nitrogen functional groups attached to an aromatic ring is 1. The maximum absolute atomic E-state index is 5.79. The molecule has 0 aromatic carbocycles. The van der Waals surface area contributed by atoms with E-state index < -0.39 is 0 Å². The van der Waals surface area contributed by atoms with Crippen molar-refractivity contribution in [1.82, 2.24) is 24.4 Å². The number of ether oxygens (including phenoxy) is 2. The number of rotatable bonds is 6. The Bertz CT molecular complexity index is 810. The fourth-order valence-corrected chi connectivity index (χ4v) is 2.45. The van der Waals surface area contributed by atoms with Crippen LogP contribution in [0.25, 0.3) is 16.8 Å². The molecule has 0 spiro atoms. The Morgan fingerprint density at radius 2 is 2.13 bits per heavy atom. The number of hydrogen-bond acceptors (Lipinski definition) is 6. The van der Waals surface area contributed by atoms with E-state index in [1.54, 1.807) is 21.6 Å². The average molecular weight is 316 g/mol. The Labute approximate surface area is 133 Å². The molecule has 3 heterocycles. The van der Waals surface area contributed by atoms with Crippen LogP contribution in [0.3, 0.4) is 0 Å². The maximum Gasteiger partial charge on any atom is 0.240 e. The van der Waals surface area contributed by atoms with Crippen molar-refractivity contribution in [2.45, 2.75) is 27.0 Å². The zero-order chi connectivity index (χ0) is 16.4. The van der Waals surface area contributed by atoms with Gasteiger partial charge in [-0.15, -0.1) is 5.10 Å². The predicted molar refractivity (Wildman–Crippen MR) is 86.1 cm³/mol. The quantitative estimate of drug-likeness (QED) is 0.749. The highest BCUT2D eigenvalue weighted by Crippen LogP contribution is 2.33. The second kappa shape index (κ2) is 6.25. The topological polar surface area (TPSA) is 92.5 Å². The number of hydrogen-bond donors (Lipinski definition) is 1. The summed E-state index contributed by atoms with van der Waals surface area (Å²) in [5.41, 5.74) is 8.09. The summed E-state index contributed by atoms with van der Waals surface area (Å²) in [4.78, 5) is 4.24. The number of fused-ring (bicyclic) bond motifs is 1. The number of nitrogens with two attached hydrogens (primary N) is 1. The van der Waals surface area contributed by atoms with Crippen molar-refractivity contribution in [2.75, 3.05) is 18.9 Å². The third kappa shape index (κ3) is 2.85. The molecular weight excluding hydrogens is 296 g/mol. The monoisotopic (exact) mass is 316 g/mol. The van der Waals surface area contributed by atoms with Gasteiger partial charge in [0.2, 0.25) is 5.95 Å². The van der Waals surface area contributed by atoms with E-state index in [-0.39, 0.29) is 12.2 Å². The van der Waals surface area contributed by atoms with Crippen LogP contribution in [-0.4, -0.2) is 37.6 Å². The van der Waals surface area contributed by atoms with E-state index in [0.29, 0.717) is 24.6 Å². The maximum atomic E-state index is 5.79. The van der Waals surface area contributed by atoms with Crippen molar-refractivity contribution in [1.29, 1.82) is 0 Å². The fourth-order valence-electron chi connectivity index (χ4n) is 2.45. The van der Waals surface area contributed by atoms with Gasteiger partial charge in [0.25, 0.3) is 0 Å². The van der Waals surface area contributed by atoms with Gasteiger partial charge in [0.1, 0.15) is 6.23 Å². The van der Waals surface area contributed by atoms with Gasteiger partial charge in [-0.25, -0.2) is 9.20 Å². The number of pyridine rings is 1. The summed E-state index contributed by atoms with van der Waals surface area (Å²) in [6.45, 7) is 6.98. The molecule has 0 aliphatic heterocycles. The smallest absolute Gasteiger partial charge is 0.240 e. The molecule has 0 aliphatic rings. The summed E-state index contributed by atoms with van der Waals surface area (Å²) < 4.78 is 14.7. The lowest BCUT2D eigenvalue weighted by molar-refractivity contribution is 0.0160. The Balaban J connectivity index is 2.06. The Kier molecular flexibility index (Phi) is 4.16. The summed E-state index contributed by atoms with van der Waals surface area (Å²) in [6.07, 6.45) is 5.38. The number of anilines is 1. The molecule has 1 unspecified atom stereocenters. The van der Waals surface area contributed by atoms with Crippen molar-refractivity contribution in [3.8, 4) is 16.9 Å². The normalized spacial score (nSPS) is 12.7. The van der Waals surface area contributed by atoms with Crippen molar-refractivity contribution in [2.24, 2.45) is 0 Å². The first-order valence-electron chi connectivity index (χ1n) is 7.57. The van der Waals surface area contributed by atoms with Crippen LogP contribution in [0.2, 0.25) is 0 Å². The van der Waals surface area contributed by atoms with E-state index in [1.165, 1.54) is 0 Å². The molecule has 0 bridgehead atoms.